The van der Waals surface area contributed by atoms with E-state index in [-0.39, 0.29) is 0 Å². The highest BCUT2D eigenvalue weighted by molar-refractivity contribution is 5.93. The number of hydrogen-bond donors (Lipinski definition) is 1. The van der Waals surface area contributed by atoms with E-state index in [1.54, 1.807) is 20.8 Å². The van der Waals surface area contributed by atoms with Crippen LogP contribution in [-0.4, -0.2) is 17.4 Å². The van der Waals surface area contributed by atoms with Crippen LogP contribution in [0.4, 0.5) is 4.79 Å². The van der Waals surface area contributed by atoms with E-state index in [1.165, 1.54) is 0 Å². The first-order valence-corrected chi connectivity index (χ1v) is 3.06. The van der Waals surface area contributed by atoms with Crippen molar-refractivity contribution in [3.8, 4) is 0 Å². The van der Waals surface area contributed by atoms with Crippen molar-refractivity contribution in [3.63, 3.8) is 0 Å². The van der Waals surface area contributed by atoms with Crippen LogP contribution in [0, 0.1) is 0 Å². The Balaban J connectivity index is 2.86. The summed E-state index contributed by atoms with van der Waals surface area (Å²) in [5.74, 6) is 0. The number of hydrogen-bond acceptors (Lipinski definition) is 3. The first-order valence-electron chi connectivity index (χ1n) is 3.06. The highest BCUT2D eigenvalue weighted by Crippen LogP contribution is 2.14. The van der Waals surface area contributed by atoms with Gasteiger partial charge >= 0.3 is 6.09 Å². The second-order valence-corrected chi connectivity index (χ2v) is 2.71. The molecule has 0 spiro atoms. The molecule has 0 saturated heterocycles. The van der Waals surface area contributed by atoms with Crippen LogP contribution in [-0.2, 0) is 4.74 Å². The van der Waals surface area contributed by atoms with E-state index in [1.807, 2.05) is 0 Å². The zero-order valence-corrected chi connectivity index (χ0v) is 6.26. The van der Waals surface area contributed by atoms with E-state index < -0.39 is 11.7 Å². The highest BCUT2D eigenvalue weighted by atomic mass is 16.6. The van der Waals surface area contributed by atoms with Gasteiger partial charge in [0.25, 0.3) is 0 Å². The SMILES string of the molecule is CC1=NNC(=O)OC1(C)C. The van der Waals surface area contributed by atoms with E-state index in [2.05, 4.69) is 10.5 Å². The highest BCUT2D eigenvalue weighted by Gasteiger charge is 2.29. The number of nitrogens with zero attached hydrogens (tertiary/aromatic N) is 1. The smallest absolute Gasteiger partial charge is 0.428 e. The lowest BCUT2D eigenvalue weighted by molar-refractivity contribution is 0.0759. The van der Waals surface area contributed by atoms with Crippen molar-refractivity contribution >= 4 is 11.8 Å². The number of cyclic esters (lactones) is 1. The van der Waals surface area contributed by atoms with Crippen LogP contribution < -0.4 is 5.43 Å². The Morgan fingerprint density at radius 1 is 1.60 bits per heavy atom. The van der Waals surface area contributed by atoms with Gasteiger partial charge in [0.05, 0.1) is 5.71 Å². The standard InChI is InChI=1S/C6H10N2O2/c1-4-6(2,3)10-5(9)8-7-4/h1-3H3,(H,8,9). The zero-order chi connectivity index (χ0) is 7.78. The lowest BCUT2D eigenvalue weighted by Crippen LogP contribution is -2.44. The summed E-state index contributed by atoms with van der Waals surface area (Å²) < 4.78 is 4.91. The lowest BCUT2D eigenvalue weighted by atomic mass is 10.0. The molecule has 0 bridgehead atoms. The molecule has 0 unspecified atom stereocenters. The van der Waals surface area contributed by atoms with Gasteiger partial charge in [-0.1, -0.05) is 0 Å². The van der Waals surface area contributed by atoms with E-state index >= 15 is 0 Å². The van der Waals surface area contributed by atoms with Crippen LogP contribution in [0.25, 0.3) is 0 Å². The van der Waals surface area contributed by atoms with Gasteiger partial charge in [0.15, 0.2) is 0 Å². The fourth-order valence-corrected chi connectivity index (χ4v) is 0.593. The van der Waals surface area contributed by atoms with Gasteiger partial charge < -0.3 is 4.74 Å². The predicted octanol–water partition coefficient (Wildman–Crippen LogP) is 0.881. The molecule has 0 aromatic heterocycles. The van der Waals surface area contributed by atoms with Gasteiger partial charge in [-0.15, -0.1) is 0 Å². The predicted molar refractivity (Wildman–Crippen MR) is 36.8 cm³/mol. The Hall–Kier alpha value is -1.06. The summed E-state index contributed by atoms with van der Waals surface area (Å²) >= 11 is 0. The summed E-state index contributed by atoms with van der Waals surface area (Å²) in [4.78, 5) is 10.6. The summed E-state index contributed by atoms with van der Waals surface area (Å²) in [6.45, 7) is 5.40. The molecule has 0 saturated carbocycles. The quantitative estimate of drug-likeness (QED) is 0.545. The van der Waals surface area contributed by atoms with Crippen molar-refractivity contribution in [1.82, 2.24) is 5.43 Å². The van der Waals surface area contributed by atoms with Crippen molar-refractivity contribution in [1.29, 1.82) is 0 Å². The van der Waals surface area contributed by atoms with Crippen LogP contribution in [0.5, 0.6) is 0 Å². The second kappa shape index (κ2) is 1.97. The van der Waals surface area contributed by atoms with E-state index in [0.29, 0.717) is 0 Å². The van der Waals surface area contributed by atoms with Gasteiger partial charge in [0.2, 0.25) is 0 Å². The molecule has 1 rings (SSSR count). The molecule has 1 amide bonds. The Kier molecular flexibility index (Phi) is 1.39. The van der Waals surface area contributed by atoms with E-state index in [4.69, 9.17) is 4.74 Å². The topological polar surface area (TPSA) is 50.7 Å². The Bertz CT molecular complexity index is 196. The average molecular weight is 142 g/mol. The Labute approximate surface area is 59.2 Å². The summed E-state index contributed by atoms with van der Waals surface area (Å²) in [6, 6.07) is 0. The Morgan fingerprint density at radius 3 is 2.60 bits per heavy atom. The number of ether oxygens (including phenoxy) is 1. The molecule has 0 aromatic carbocycles. The van der Waals surface area contributed by atoms with Gasteiger partial charge in [0.1, 0.15) is 5.60 Å². The molecule has 0 fully saturated rings. The molecule has 0 radical (unpaired) electrons. The minimum Gasteiger partial charge on any atom is -0.436 e. The van der Waals surface area contributed by atoms with Crippen molar-refractivity contribution in [3.05, 3.63) is 0 Å². The van der Waals surface area contributed by atoms with Crippen molar-refractivity contribution in [2.75, 3.05) is 0 Å². The summed E-state index contributed by atoms with van der Waals surface area (Å²) in [7, 11) is 0. The molecule has 1 N–H and O–H groups in total. The number of rotatable bonds is 0. The minimum absolute atomic E-state index is 0.490. The van der Waals surface area contributed by atoms with Crippen LogP contribution in [0.1, 0.15) is 20.8 Å². The molecule has 4 nitrogen and oxygen atoms in total. The normalized spacial score (nSPS) is 22.7. The first kappa shape index (κ1) is 7.05. The molecule has 4 heteroatoms. The fourth-order valence-electron chi connectivity index (χ4n) is 0.593. The molecule has 0 aromatic rings. The molecule has 0 aliphatic carbocycles. The van der Waals surface area contributed by atoms with Gasteiger partial charge in [-0.05, 0) is 20.8 Å². The number of carbonyl (C=O) groups excluding carboxylic acids is 1. The zero-order valence-electron chi connectivity index (χ0n) is 6.26. The third-order valence-electron chi connectivity index (χ3n) is 1.53. The average Bonchev–Trinajstić information content (AvgIpc) is 1.78. The molecule has 1 aliphatic heterocycles. The van der Waals surface area contributed by atoms with Crippen LogP contribution in [0.15, 0.2) is 5.10 Å². The van der Waals surface area contributed by atoms with Gasteiger partial charge in [-0.25, -0.2) is 10.2 Å². The maximum absolute atomic E-state index is 10.6. The van der Waals surface area contributed by atoms with Crippen molar-refractivity contribution < 1.29 is 9.53 Å². The fraction of sp³-hybridized carbons (Fsp3) is 0.667. The Morgan fingerprint density at radius 2 is 2.20 bits per heavy atom. The largest absolute Gasteiger partial charge is 0.436 e. The van der Waals surface area contributed by atoms with Gasteiger partial charge in [-0.3, -0.25) is 0 Å². The van der Waals surface area contributed by atoms with Crippen LogP contribution >= 0.6 is 0 Å². The van der Waals surface area contributed by atoms with Gasteiger partial charge in [-0.2, -0.15) is 5.10 Å². The monoisotopic (exact) mass is 142 g/mol. The van der Waals surface area contributed by atoms with Crippen molar-refractivity contribution in [2.24, 2.45) is 5.10 Å². The maximum Gasteiger partial charge on any atom is 0.428 e. The van der Waals surface area contributed by atoms with Gasteiger partial charge in [0, 0.05) is 0 Å². The van der Waals surface area contributed by atoms with E-state index in [9.17, 15) is 4.79 Å². The van der Waals surface area contributed by atoms with E-state index in [0.717, 1.165) is 5.71 Å². The third-order valence-corrected chi connectivity index (χ3v) is 1.53. The minimum atomic E-state index is -0.553. The molecule has 10 heavy (non-hydrogen) atoms. The molecule has 0 atom stereocenters. The van der Waals surface area contributed by atoms with Crippen molar-refractivity contribution in [2.45, 2.75) is 26.4 Å². The maximum atomic E-state index is 10.6. The second-order valence-electron chi connectivity index (χ2n) is 2.71. The summed E-state index contributed by atoms with van der Waals surface area (Å²) in [5.41, 5.74) is 2.43. The number of amides is 1. The summed E-state index contributed by atoms with van der Waals surface area (Å²) in [6.07, 6.45) is -0.490. The number of nitrogens with one attached hydrogen (secondary N) is 1. The molecular formula is C6H10N2O2. The third kappa shape index (κ3) is 1.10. The first-order chi connectivity index (χ1) is 4.52. The molecule has 1 heterocycles. The van der Waals surface area contributed by atoms with Crippen LogP contribution in [0.3, 0.4) is 0 Å². The molecule has 1 aliphatic rings. The lowest BCUT2D eigenvalue weighted by Gasteiger charge is -2.27. The number of carbonyl (C=O) groups is 1. The molecule has 56 valence electrons. The molecular weight excluding hydrogens is 132 g/mol. The number of hydrazone groups is 1. The van der Waals surface area contributed by atoms with Crippen LogP contribution in [0.2, 0.25) is 0 Å². The summed E-state index contributed by atoms with van der Waals surface area (Å²) in [5, 5.41) is 3.76.